The molecule has 2 N–H and O–H groups in total. The van der Waals surface area contributed by atoms with Crippen LogP contribution in [0.3, 0.4) is 0 Å². The predicted molar refractivity (Wildman–Crippen MR) is 95.9 cm³/mol. The molecular weight excluding hydrogens is 338 g/mol. The molecule has 0 heterocycles. The van der Waals surface area contributed by atoms with E-state index in [1.165, 1.54) is 14.2 Å². The van der Waals surface area contributed by atoms with Crippen LogP contribution in [0.15, 0.2) is 41.6 Å². The number of benzene rings is 2. The van der Waals surface area contributed by atoms with E-state index >= 15 is 0 Å². The molecular formula is C19H21NO6. The van der Waals surface area contributed by atoms with Crippen molar-refractivity contribution < 1.29 is 29.3 Å². The van der Waals surface area contributed by atoms with Crippen molar-refractivity contribution in [3.05, 3.63) is 53.1 Å². The number of aryl methyl sites for hydroxylation is 1. The van der Waals surface area contributed by atoms with Crippen molar-refractivity contribution in [2.75, 3.05) is 21.3 Å². The lowest BCUT2D eigenvalue weighted by atomic mass is 9.97. The Morgan fingerprint density at radius 3 is 2.15 bits per heavy atom. The Kier molecular flexibility index (Phi) is 6.43. The third-order valence-electron chi connectivity index (χ3n) is 3.93. The molecule has 2 aromatic carbocycles. The second kappa shape index (κ2) is 8.75. The Morgan fingerprint density at radius 1 is 1.00 bits per heavy atom. The summed E-state index contributed by atoms with van der Waals surface area (Å²) in [5, 5.41) is 22.0. The zero-order chi connectivity index (χ0) is 19.1. The summed E-state index contributed by atoms with van der Waals surface area (Å²) in [6.07, 6.45) is 0.229. The van der Waals surface area contributed by atoms with Gasteiger partial charge in [0.25, 0.3) is 0 Å². The van der Waals surface area contributed by atoms with E-state index in [1.54, 1.807) is 43.5 Å². The number of hydrogen-bond acceptors (Lipinski definition) is 6. The van der Waals surface area contributed by atoms with E-state index in [0.717, 1.165) is 0 Å². The summed E-state index contributed by atoms with van der Waals surface area (Å²) in [6, 6.07) is 10.4. The lowest BCUT2D eigenvalue weighted by Gasteiger charge is -2.15. The number of methoxy groups -OCH3 is 3. The fourth-order valence-electron chi connectivity index (χ4n) is 2.60. The van der Waals surface area contributed by atoms with Crippen LogP contribution in [0.2, 0.25) is 0 Å². The highest BCUT2D eigenvalue weighted by atomic mass is 16.5. The predicted octanol–water partition coefficient (Wildman–Crippen LogP) is 2.96. The number of carboxylic acids is 1. The molecule has 0 radical (unpaired) electrons. The van der Waals surface area contributed by atoms with Crippen LogP contribution in [0.1, 0.15) is 23.1 Å². The molecule has 0 fully saturated rings. The normalized spacial score (nSPS) is 11.1. The maximum Gasteiger partial charge on any atom is 0.303 e. The maximum absolute atomic E-state index is 10.9. The van der Waals surface area contributed by atoms with Crippen LogP contribution < -0.4 is 14.2 Å². The molecule has 0 bridgehead atoms. The highest BCUT2D eigenvalue weighted by Gasteiger charge is 2.18. The molecule has 0 saturated heterocycles. The van der Waals surface area contributed by atoms with E-state index in [9.17, 15) is 10.0 Å². The summed E-state index contributed by atoms with van der Waals surface area (Å²) < 4.78 is 15.9. The SMILES string of the molecule is COc1ccc(C(=NO)c2cc(CCC(=O)O)c(OC)cc2OC)cc1. The van der Waals surface area contributed by atoms with Crippen LogP contribution in [-0.4, -0.2) is 43.3 Å². The number of oxime groups is 1. The van der Waals surface area contributed by atoms with E-state index in [2.05, 4.69) is 5.16 Å². The zero-order valence-electron chi connectivity index (χ0n) is 14.9. The number of ether oxygens (including phenoxy) is 3. The molecule has 2 aromatic rings. The van der Waals surface area contributed by atoms with Crippen LogP contribution in [0.4, 0.5) is 0 Å². The van der Waals surface area contributed by atoms with Crippen molar-refractivity contribution in [3.8, 4) is 17.2 Å². The molecule has 138 valence electrons. The number of nitrogens with zero attached hydrogens (tertiary/aromatic N) is 1. The topological polar surface area (TPSA) is 97.6 Å². The molecule has 0 aromatic heterocycles. The molecule has 0 aliphatic heterocycles. The van der Waals surface area contributed by atoms with E-state index in [4.69, 9.17) is 19.3 Å². The van der Waals surface area contributed by atoms with Crippen LogP contribution in [0.5, 0.6) is 17.2 Å². The second-order valence-electron chi connectivity index (χ2n) is 5.44. The summed E-state index contributed by atoms with van der Waals surface area (Å²) in [5.74, 6) is 0.730. The Hall–Kier alpha value is -3.22. The standard InChI is InChI=1S/C19H21NO6/c1-24-14-7-4-12(5-8-14)19(20-23)15-10-13(6-9-18(21)22)16(25-2)11-17(15)26-3/h4-5,7-8,10-11,23H,6,9H2,1-3H3,(H,21,22). The number of carbonyl (C=O) groups is 1. The third kappa shape index (κ3) is 4.24. The minimum atomic E-state index is -0.907. The molecule has 0 aliphatic rings. The third-order valence-corrected chi connectivity index (χ3v) is 3.93. The van der Waals surface area contributed by atoms with Crippen LogP contribution >= 0.6 is 0 Å². The number of hydrogen-bond donors (Lipinski definition) is 2. The van der Waals surface area contributed by atoms with Crippen molar-refractivity contribution in [1.82, 2.24) is 0 Å². The van der Waals surface area contributed by atoms with Gasteiger partial charge in [0.2, 0.25) is 0 Å². The molecule has 0 spiro atoms. The van der Waals surface area contributed by atoms with Crippen molar-refractivity contribution in [2.45, 2.75) is 12.8 Å². The van der Waals surface area contributed by atoms with Gasteiger partial charge in [-0.2, -0.15) is 0 Å². The van der Waals surface area contributed by atoms with Crippen molar-refractivity contribution in [2.24, 2.45) is 5.16 Å². The summed E-state index contributed by atoms with van der Waals surface area (Å²) in [6.45, 7) is 0. The Bertz CT molecular complexity index is 798. The molecule has 0 unspecified atom stereocenters. The fourth-order valence-corrected chi connectivity index (χ4v) is 2.60. The first kappa shape index (κ1) is 19.1. The van der Waals surface area contributed by atoms with E-state index < -0.39 is 5.97 Å². The highest BCUT2D eigenvalue weighted by Crippen LogP contribution is 2.32. The first-order chi connectivity index (χ1) is 12.5. The largest absolute Gasteiger partial charge is 0.497 e. The van der Waals surface area contributed by atoms with Crippen LogP contribution in [0.25, 0.3) is 0 Å². The maximum atomic E-state index is 10.9. The van der Waals surface area contributed by atoms with Crippen molar-refractivity contribution in [1.29, 1.82) is 0 Å². The zero-order valence-corrected chi connectivity index (χ0v) is 14.9. The van der Waals surface area contributed by atoms with E-state index in [1.807, 2.05) is 0 Å². The van der Waals surface area contributed by atoms with Gasteiger partial charge in [-0.15, -0.1) is 0 Å². The van der Waals surface area contributed by atoms with Gasteiger partial charge in [-0.05, 0) is 42.3 Å². The van der Waals surface area contributed by atoms with Gasteiger partial charge in [-0.3, -0.25) is 4.79 Å². The minimum Gasteiger partial charge on any atom is -0.497 e. The van der Waals surface area contributed by atoms with Gasteiger partial charge in [0.05, 0.1) is 21.3 Å². The van der Waals surface area contributed by atoms with Crippen molar-refractivity contribution >= 4 is 11.7 Å². The lowest BCUT2D eigenvalue weighted by Crippen LogP contribution is -2.08. The highest BCUT2D eigenvalue weighted by molar-refractivity contribution is 6.14. The summed E-state index contributed by atoms with van der Waals surface area (Å²) in [5.41, 5.74) is 2.16. The molecule has 2 rings (SSSR count). The Labute approximate surface area is 151 Å². The molecule has 26 heavy (non-hydrogen) atoms. The van der Waals surface area contributed by atoms with E-state index in [-0.39, 0.29) is 12.8 Å². The smallest absolute Gasteiger partial charge is 0.303 e. The number of aliphatic carboxylic acids is 1. The van der Waals surface area contributed by atoms with Crippen LogP contribution in [0, 0.1) is 0 Å². The van der Waals surface area contributed by atoms with Gasteiger partial charge in [0.1, 0.15) is 23.0 Å². The quantitative estimate of drug-likeness (QED) is 0.427. The molecule has 0 atom stereocenters. The number of rotatable bonds is 8. The lowest BCUT2D eigenvalue weighted by molar-refractivity contribution is -0.136. The Morgan fingerprint density at radius 2 is 1.65 bits per heavy atom. The van der Waals surface area contributed by atoms with Crippen molar-refractivity contribution in [3.63, 3.8) is 0 Å². The molecule has 0 aliphatic carbocycles. The monoisotopic (exact) mass is 359 g/mol. The van der Waals surface area contributed by atoms with Gasteiger partial charge >= 0.3 is 5.97 Å². The molecule has 7 heteroatoms. The van der Waals surface area contributed by atoms with E-state index in [0.29, 0.717) is 39.7 Å². The summed E-state index contributed by atoms with van der Waals surface area (Å²) in [4.78, 5) is 10.9. The number of carboxylic acid groups (broad SMARTS) is 1. The van der Waals surface area contributed by atoms with Crippen LogP contribution in [-0.2, 0) is 11.2 Å². The first-order valence-electron chi connectivity index (χ1n) is 7.87. The molecule has 0 saturated carbocycles. The molecule has 7 nitrogen and oxygen atoms in total. The Balaban J connectivity index is 2.52. The second-order valence-corrected chi connectivity index (χ2v) is 5.44. The minimum absolute atomic E-state index is 0.0454. The first-order valence-corrected chi connectivity index (χ1v) is 7.87. The summed E-state index contributed by atoms with van der Waals surface area (Å²) >= 11 is 0. The van der Waals surface area contributed by atoms with Gasteiger partial charge in [0, 0.05) is 23.6 Å². The van der Waals surface area contributed by atoms with Gasteiger partial charge in [-0.25, -0.2) is 0 Å². The fraction of sp³-hybridized carbons (Fsp3) is 0.263. The van der Waals surface area contributed by atoms with Gasteiger partial charge < -0.3 is 24.5 Å². The molecule has 0 amide bonds. The summed E-state index contributed by atoms with van der Waals surface area (Å²) in [7, 11) is 4.57. The van der Waals surface area contributed by atoms with Gasteiger partial charge in [-0.1, -0.05) is 5.16 Å². The van der Waals surface area contributed by atoms with Gasteiger partial charge in [0.15, 0.2) is 0 Å². The average molecular weight is 359 g/mol. The average Bonchev–Trinajstić information content (AvgIpc) is 2.67.